The van der Waals surface area contributed by atoms with Crippen LogP contribution in [0.2, 0.25) is 0 Å². The molecule has 0 bridgehead atoms. The maximum absolute atomic E-state index is 5.89. The summed E-state index contributed by atoms with van der Waals surface area (Å²) in [5.41, 5.74) is 8.46. The topological polar surface area (TPSA) is 70.3 Å². The number of rotatable bonds is 3. The molecule has 100 valence electrons. The summed E-state index contributed by atoms with van der Waals surface area (Å²) in [7, 11) is 3.21. The Hall–Kier alpha value is -2.30. The molecule has 0 saturated heterocycles. The average molecular weight is 259 g/mol. The minimum Gasteiger partial charge on any atom is -0.497 e. The minimum absolute atomic E-state index is 0.490. The molecule has 1 aromatic carbocycles. The van der Waals surface area contributed by atoms with Crippen molar-refractivity contribution in [2.75, 3.05) is 20.0 Å². The van der Waals surface area contributed by atoms with Crippen LogP contribution in [-0.4, -0.2) is 24.2 Å². The van der Waals surface area contributed by atoms with Crippen LogP contribution in [0, 0.1) is 13.8 Å². The number of nitrogen functional groups attached to an aromatic ring is 1. The molecule has 1 heterocycles. The molecule has 5 heteroatoms. The van der Waals surface area contributed by atoms with Gasteiger partial charge in [0.2, 0.25) is 0 Å². The fourth-order valence-electron chi connectivity index (χ4n) is 1.72. The molecule has 5 nitrogen and oxygen atoms in total. The molecular formula is C14H17N3O2. The zero-order chi connectivity index (χ0) is 14.0. The van der Waals surface area contributed by atoms with E-state index in [-0.39, 0.29) is 0 Å². The van der Waals surface area contributed by atoms with Crippen LogP contribution in [-0.2, 0) is 0 Å². The molecule has 0 atom stereocenters. The molecule has 0 unspecified atom stereocenters. The number of hydrogen-bond donors (Lipinski definition) is 1. The highest BCUT2D eigenvalue weighted by atomic mass is 16.5. The van der Waals surface area contributed by atoms with Gasteiger partial charge in [-0.1, -0.05) is 0 Å². The van der Waals surface area contributed by atoms with Gasteiger partial charge in [-0.25, -0.2) is 9.97 Å². The lowest BCUT2D eigenvalue weighted by Crippen LogP contribution is -2.02. The van der Waals surface area contributed by atoms with Crippen LogP contribution in [0.25, 0.3) is 11.4 Å². The van der Waals surface area contributed by atoms with Crippen molar-refractivity contribution in [1.82, 2.24) is 9.97 Å². The molecule has 0 saturated carbocycles. The second kappa shape index (κ2) is 5.14. The van der Waals surface area contributed by atoms with Crippen LogP contribution in [0.3, 0.4) is 0 Å². The van der Waals surface area contributed by atoms with Gasteiger partial charge < -0.3 is 15.2 Å². The molecule has 0 fully saturated rings. The molecule has 2 aromatic rings. The molecule has 0 aliphatic heterocycles. The van der Waals surface area contributed by atoms with E-state index in [0.717, 1.165) is 16.8 Å². The van der Waals surface area contributed by atoms with E-state index in [4.69, 9.17) is 15.2 Å². The maximum Gasteiger partial charge on any atom is 0.162 e. The predicted octanol–water partition coefficient (Wildman–Crippen LogP) is 2.36. The smallest absolute Gasteiger partial charge is 0.162 e. The number of methoxy groups -OCH3 is 2. The fourth-order valence-corrected chi connectivity index (χ4v) is 1.72. The third-order valence-corrected chi connectivity index (χ3v) is 3.04. The third kappa shape index (κ3) is 2.59. The highest BCUT2D eigenvalue weighted by Gasteiger charge is 2.10. The second-order valence-corrected chi connectivity index (χ2v) is 4.24. The molecule has 0 radical (unpaired) electrons. The number of aryl methyl sites for hydroxylation is 1. The fraction of sp³-hybridized carbons (Fsp3) is 0.286. The van der Waals surface area contributed by atoms with Gasteiger partial charge in [0, 0.05) is 22.9 Å². The molecule has 0 aliphatic carbocycles. The molecule has 0 aliphatic rings. The Morgan fingerprint density at radius 2 is 1.53 bits per heavy atom. The Kier molecular flexibility index (Phi) is 3.55. The van der Waals surface area contributed by atoms with E-state index >= 15 is 0 Å². The van der Waals surface area contributed by atoms with Crippen LogP contribution in [0.5, 0.6) is 11.5 Å². The Bertz CT molecular complexity index is 566. The summed E-state index contributed by atoms with van der Waals surface area (Å²) in [6, 6.07) is 5.51. The van der Waals surface area contributed by atoms with Gasteiger partial charge in [-0.2, -0.15) is 0 Å². The molecule has 2 N–H and O–H groups in total. The summed E-state index contributed by atoms with van der Waals surface area (Å²) < 4.78 is 10.5. The van der Waals surface area contributed by atoms with E-state index in [1.807, 2.05) is 26.0 Å². The number of ether oxygens (including phenoxy) is 2. The van der Waals surface area contributed by atoms with Crippen molar-refractivity contribution in [1.29, 1.82) is 0 Å². The normalized spacial score (nSPS) is 10.3. The summed E-state index contributed by atoms with van der Waals surface area (Å²) in [6.45, 7) is 3.81. The standard InChI is InChI=1S/C14H17N3O2/c1-8-9(2)16-14(17-13(8)15)10-5-11(18-3)7-12(6-10)19-4/h5-7H,1-4H3,(H2,15,16,17). The number of hydrogen-bond acceptors (Lipinski definition) is 5. The van der Waals surface area contributed by atoms with Crippen LogP contribution in [0.4, 0.5) is 5.82 Å². The zero-order valence-electron chi connectivity index (χ0n) is 11.5. The number of benzene rings is 1. The summed E-state index contributed by atoms with van der Waals surface area (Å²) in [6.07, 6.45) is 0. The van der Waals surface area contributed by atoms with Crippen molar-refractivity contribution in [2.24, 2.45) is 0 Å². The summed E-state index contributed by atoms with van der Waals surface area (Å²) in [5.74, 6) is 2.44. The number of aromatic nitrogens is 2. The van der Waals surface area contributed by atoms with E-state index in [2.05, 4.69) is 9.97 Å². The Labute approximate surface area is 112 Å². The first-order valence-corrected chi connectivity index (χ1v) is 5.89. The number of nitrogens with zero attached hydrogens (tertiary/aromatic N) is 2. The Balaban J connectivity index is 2.58. The molecule has 0 amide bonds. The largest absolute Gasteiger partial charge is 0.497 e. The first kappa shape index (κ1) is 13.1. The van der Waals surface area contributed by atoms with Gasteiger partial charge in [0.25, 0.3) is 0 Å². The quantitative estimate of drug-likeness (QED) is 0.916. The highest BCUT2D eigenvalue weighted by Crippen LogP contribution is 2.29. The lowest BCUT2D eigenvalue weighted by molar-refractivity contribution is 0.394. The van der Waals surface area contributed by atoms with E-state index in [1.54, 1.807) is 20.3 Å². The first-order chi connectivity index (χ1) is 9.05. The maximum atomic E-state index is 5.89. The average Bonchev–Trinajstić information content (AvgIpc) is 2.43. The number of nitrogens with two attached hydrogens (primary N) is 1. The van der Waals surface area contributed by atoms with Gasteiger partial charge in [0.05, 0.1) is 14.2 Å². The predicted molar refractivity (Wildman–Crippen MR) is 74.5 cm³/mol. The van der Waals surface area contributed by atoms with Crippen molar-refractivity contribution >= 4 is 5.82 Å². The Morgan fingerprint density at radius 1 is 0.947 bits per heavy atom. The number of anilines is 1. The van der Waals surface area contributed by atoms with Gasteiger partial charge in [-0.3, -0.25) is 0 Å². The summed E-state index contributed by atoms with van der Waals surface area (Å²) >= 11 is 0. The Morgan fingerprint density at radius 3 is 2.00 bits per heavy atom. The van der Waals surface area contributed by atoms with Gasteiger partial charge >= 0.3 is 0 Å². The summed E-state index contributed by atoms with van der Waals surface area (Å²) in [5, 5.41) is 0. The van der Waals surface area contributed by atoms with E-state index in [0.29, 0.717) is 23.1 Å². The molecule has 2 rings (SSSR count). The van der Waals surface area contributed by atoms with Crippen LogP contribution < -0.4 is 15.2 Å². The van der Waals surface area contributed by atoms with E-state index < -0.39 is 0 Å². The lowest BCUT2D eigenvalue weighted by Gasteiger charge is -2.10. The highest BCUT2D eigenvalue weighted by molar-refractivity contribution is 5.63. The van der Waals surface area contributed by atoms with Gasteiger partial charge in [0.1, 0.15) is 17.3 Å². The van der Waals surface area contributed by atoms with Crippen LogP contribution in [0.15, 0.2) is 18.2 Å². The summed E-state index contributed by atoms with van der Waals surface area (Å²) in [4.78, 5) is 8.76. The van der Waals surface area contributed by atoms with Gasteiger partial charge in [0.15, 0.2) is 5.82 Å². The minimum atomic E-state index is 0.490. The van der Waals surface area contributed by atoms with Crippen molar-refractivity contribution in [3.63, 3.8) is 0 Å². The second-order valence-electron chi connectivity index (χ2n) is 4.24. The lowest BCUT2D eigenvalue weighted by atomic mass is 10.1. The first-order valence-electron chi connectivity index (χ1n) is 5.89. The van der Waals surface area contributed by atoms with Crippen molar-refractivity contribution < 1.29 is 9.47 Å². The molecule has 1 aromatic heterocycles. The van der Waals surface area contributed by atoms with Crippen molar-refractivity contribution in [3.05, 3.63) is 29.5 Å². The van der Waals surface area contributed by atoms with Crippen LogP contribution in [0.1, 0.15) is 11.3 Å². The van der Waals surface area contributed by atoms with Crippen LogP contribution >= 0.6 is 0 Å². The third-order valence-electron chi connectivity index (χ3n) is 3.04. The van der Waals surface area contributed by atoms with Gasteiger partial charge in [-0.15, -0.1) is 0 Å². The monoisotopic (exact) mass is 259 g/mol. The molecular weight excluding hydrogens is 242 g/mol. The molecule has 0 spiro atoms. The SMILES string of the molecule is COc1cc(OC)cc(-c2nc(C)c(C)c(N)n2)c1. The van der Waals surface area contributed by atoms with E-state index in [9.17, 15) is 0 Å². The molecule has 19 heavy (non-hydrogen) atoms. The zero-order valence-corrected chi connectivity index (χ0v) is 11.5. The van der Waals surface area contributed by atoms with E-state index in [1.165, 1.54) is 0 Å². The van der Waals surface area contributed by atoms with Crippen molar-refractivity contribution in [2.45, 2.75) is 13.8 Å². The van der Waals surface area contributed by atoms with Gasteiger partial charge in [-0.05, 0) is 26.0 Å². The van der Waals surface area contributed by atoms with Crippen molar-refractivity contribution in [3.8, 4) is 22.9 Å².